The van der Waals surface area contributed by atoms with Crippen LogP contribution in [0.25, 0.3) is 0 Å². The second kappa shape index (κ2) is 8.53. The molecular formula is C26H34N2O4. The van der Waals surface area contributed by atoms with Gasteiger partial charge < -0.3 is 15.0 Å². The Morgan fingerprint density at radius 3 is 2.44 bits per heavy atom. The fourth-order valence-electron chi connectivity index (χ4n) is 6.37. The molecule has 32 heavy (non-hydrogen) atoms. The van der Waals surface area contributed by atoms with Gasteiger partial charge in [-0.3, -0.25) is 14.4 Å². The van der Waals surface area contributed by atoms with Gasteiger partial charge in [0.15, 0.2) is 0 Å². The average molecular weight is 439 g/mol. The molecular weight excluding hydrogens is 404 g/mol. The van der Waals surface area contributed by atoms with E-state index in [0.29, 0.717) is 19.6 Å². The Labute approximate surface area is 190 Å². The van der Waals surface area contributed by atoms with E-state index in [1.165, 1.54) is 5.56 Å². The first-order chi connectivity index (χ1) is 15.5. The van der Waals surface area contributed by atoms with Crippen LogP contribution in [0.15, 0.2) is 30.3 Å². The first-order valence-electron chi connectivity index (χ1n) is 12.3. The Morgan fingerprint density at radius 2 is 1.72 bits per heavy atom. The van der Waals surface area contributed by atoms with Crippen molar-refractivity contribution in [3.63, 3.8) is 0 Å². The molecule has 5 rings (SSSR count). The zero-order valence-electron chi connectivity index (χ0n) is 18.8. The lowest BCUT2D eigenvalue weighted by atomic mass is 9.75. The van der Waals surface area contributed by atoms with Crippen LogP contribution < -0.4 is 5.32 Å². The number of benzene rings is 1. The normalized spacial score (nSPS) is 27.9. The third kappa shape index (κ3) is 4.04. The maximum atomic E-state index is 13.4. The lowest BCUT2D eigenvalue weighted by Gasteiger charge is -2.40. The Bertz CT molecular complexity index is 869. The SMILES string of the molecule is O=C1C[C@@H](C(=O)N2CCC3(CC2)C[C@@H]3C(=O)NCCc2ccccc2)C2(CCCCC2)O1. The Balaban J connectivity index is 1.12. The van der Waals surface area contributed by atoms with E-state index in [0.717, 1.165) is 57.8 Å². The van der Waals surface area contributed by atoms with Crippen LogP contribution in [0.2, 0.25) is 0 Å². The average Bonchev–Trinajstić information content (AvgIpc) is 3.42. The Hall–Kier alpha value is -2.37. The zero-order chi connectivity index (χ0) is 22.2. The molecule has 172 valence electrons. The number of nitrogens with one attached hydrogen (secondary N) is 1. The van der Waals surface area contributed by atoms with Crippen molar-refractivity contribution in [3.8, 4) is 0 Å². The van der Waals surface area contributed by atoms with Crippen molar-refractivity contribution in [2.75, 3.05) is 19.6 Å². The Morgan fingerprint density at radius 1 is 1.00 bits per heavy atom. The van der Waals surface area contributed by atoms with Gasteiger partial charge in [-0.2, -0.15) is 0 Å². The van der Waals surface area contributed by atoms with E-state index in [9.17, 15) is 14.4 Å². The highest BCUT2D eigenvalue weighted by Crippen LogP contribution is 2.59. The van der Waals surface area contributed by atoms with Crippen LogP contribution in [-0.4, -0.2) is 47.9 Å². The number of nitrogens with zero attached hydrogens (tertiary/aromatic N) is 1. The van der Waals surface area contributed by atoms with E-state index >= 15 is 0 Å². The molecule has 0 bridgehead atoms. The van der Waals surface area contributed by atoms with Crippen molar-refractivity contribution >= 4 is 17.8 Å². The highest BCUT2D eigenvalue weighted by atomic mass is 16.6. The van der Waals surface area contributed by atoms with Gasteiger partial charge in [-0.05, 0) is 62.3 Å². The fraction of sp³-hybridized carbons (Fsp3) is 0.654. The largest absolute Gasteiger partial charge is 0.458 e. The second-order valence-corrected chi connectivity index (χ2v) is 10.3. The van der Waals surface area contributed by atoms with Gasteiger partial charge in [0.1, 0.15) is 5.60 Å². The number of hydrogen-bond donors (Lipinski definition) is 1. The van der Waals surface area contributed by atoms with Crippen LogP contribution in [0, 0.1) is 17.3 Å². The summed E-state index contributed by atoms with van der Waals surface area (Å²) in [5.41, 5.74) is 0.746. The summed E-state index contributed by atoms with van der Waals surface area (Å²) in [4.78, 5) is 40.1. The van der Waals surface area contributed by atoms with E-state index in [-0.39, 0.29) is 41.5 Å². The minimum atomic E-state index is -0.553. The molecule has 0 radical (unpaired) electrons. The van der Waals surface area contributed by atoms with Crippen LogP contribution in [0.1, 0.15) is 63.4 Å². The third-order valence-corrected chi connectivity index (χ3v) is 8.45. The maximum absolute atomic E-state index is 13.4. The van der Waals surface area contributed by atoms with Crippen molar-refractivity contribution < 1.29 is 19.1 Å². The molecule has 0 unspecified atom stereocenters. The summed E-state index contributed by atoms with van der Waals surface area (Å²) in [7, 11) is 0. The summed E-state index contributed by atoms with van der Waals surface area (Å²) in [6, 6.07) is 10.2. The third-order valence-electron chi connectivity index (χ3n) is 8.45. The number of hydrogen-bond acceptors (Lipinski definition) is 4. The van der Waals surface area contributed by atoms with Crippen molar-refractivity contribution in [2.45, 2.75) is 69.8 Å². The molecule has 0 aromatic heterocycles. The van der Waals surface area contributed by atoms with E-state index in [1.54, 1.807) is 0 Å². The molecule has 1 N–H and O–H groups in total. The highest BCUT2D eigenvalue weighted by molar-refractivity contribution is 5.88. The molecule has 2 saturated heterocycles. The number of piperidine rings is 1. The van der Waals surface area contributed by atoms with E-state index in [2.05, 4.69) is 17.4 Å². The monoisotopic (exact) mass is 438 g/mol. The number of amides is 2. The summed E-state index contributed by atoms with van der Waals surface area (Å²) in [5.74, 6) is -0.195. The molecule has 4 fully saturated rings. The van der Waals surface area contributed by atoms with Gasteiger partial charge in [-0.25, -0.2) is 0 Å². The fourth-order valence-corrected chi connectivity index (χ4v) is 6.37. The van der Waals surface area contributed by atoms with Gasteiger partial charge in [0.2, 0.25) is 11.8 Å². The standard InChI is InChI=1S/C26H34N2O4/c29-22-17-20(26(32-22)10-5-2-6-11-26)24(31)28-15-12-25(13-16-28)18-21(25)23(30)27-14-9-19-7-3-1-4-8-19/h1,3-4,7-8,20-21H,2,5-6,9-18H2,(H,27,30)/t20-,21+/m0/s1. The number of rotatable bonds is 5. The number of ether oxygens (including phenoxy) is 1. The summed E-state index contributed by atoms with van der Waals surface area (Å²) >= 11 is 0. The topological polar surface area (TPSA) is 75.7 Å². The van der Waals surface area contributed by atoms with Crippen molar-refractivity contribution in [2.24, 2.45) is 17.3 Å². The van der Waals surface area contributed by atoms with E-state index in [4.69, 9.17) is 4.74 Å². The molecule has 2 heterocycles. The van der Waals surface area contributed by atoms with E-state index < -0.39 is 5.60 Å². The Kier molecular flexibility index (Phi) is 5.72. The molecule has 6 heteroatoms. The molecule has 1 aromatic carbocycles. The van der Waals surface area contributed by atoms with Crippen molar-refractivity contribution in [1.82, 2.24) is 10.2 Å². The molecule has 2 atom stereocenters. The van der Waals surface area contributed by atoms with Gasteiger partial charge in [0.05, 0.1) is 12.3 Å². The summed E-state index contributed by atoms with van der Waals surface area (Å²) in [5, 5.41) is 3.11. The lowest BCUT2D eigenvalue weighted by molar-refractivity contribution is -0.156. The minimum absolute atomic E-state index is 0.0676. The summed E-state index contributed by atoms with van der Waals surface area (Å²) in [6.45, 7) is 2.04. The molecule has 6 nitrogen and oxygen atoms in total. The van der Waals surface area contributed by atoms with Crippen LogP contribution in [-0.2, 0) is 25.5 Å². The van der Waals surface area contributed by atoms with Crippen LogP contribution in [0.5, 0.6) is 0 Å². The minimum Gasteiger partial charge on any atom is -0.458 e. The number of carbonyl (C=O) groups is 3. The second-order valence-electron chi connectivity index (χ2n) is 10.3. The molecule has 2 aliphatic heterocycles. The van der Waals surface area contributed by atoms with Crippen molar-refractivity contribution in [3.05, 3.63) is 35.9 Å². The predicted octanol–water partition coefficient (Wildman–Crippen LogP) is 3.24. The first kappa shape index (κ1) is 21.5. The van der Waals surface area contributed by atoms with Crippen LogP contribution in [0.4, 0.5) is 0 Å². The molecule has 2 amide bonds. The molecule has 2 spiro atoms. The van der Waals surface area contributed by atoms with Gasteiger partial charge in [-0.1, -0.05) is 36.8 Å². The number of carbonyl (C=O) groups excluding carboxylic acids is 3. The van der Waals surface area contributed by atoms with E-state index in [1.807, 2.05) is 23.1 Å². The summed E-state index contributed by atoms with van der Waals surface area (Å²) < 4.78 is 5.75. The molecule has 2 saturated carbocycles. The van der Waals surface area contributed by atoms with Crippen LogP contribution in [0.3, 0.4) is 0 Å². The smallest absolute Gasteiger partial charge is 0.307 e. The maximum Gasteiger partial charge on any atom is 0.307 e. The zero-order valence-corrected chi connectivity index (χ0v) is 18.8. The van der Waals surface area contributed by atoms with Gasteiger partial charge in [0, 0.05) is 25.6 Å². The molecule has 2 aliphatic carbocycles. The van der Waals surface area contributed by atoms with Gasteiger partial charge >= 0.3 is 5.97 Å². The quantitative estimate of drug-likeness (QED) is 0.716. The first-order valence-corrected chi connectivity index (χ1v) is 12.3. The number of likely N-dealkylation sites (tertiary alicyclic amines) is 1. The summed E-state index contributed by atoms with van der Waals surface area (Å²) in [6.07, 6.45) is 8.61. The molecule has 4 aliphatic rings. The van der Waals surface area contributed by atoms with Gasteiger partial charge in [-0.15, -0.1) is 0 Å². The highest BCUT2D eigenvalue weighted by Gasteiger charge is 2.60. The van der Waals surface area contributed by atoms with Gasteiger partial charge in [0.25, 0.3) is 0 Å². The lowest BCUT2D eigenvalue weighted by Crippen LogP contribution is -2.49. The van der Waals surface area contributed by atoms with Crippen LogP contribution >= 0.6 is 0 Å². The predicted molar refractivity (Wildman–Crippen MR) is 120 cm³/mol. The molecule has 1 aromatic rings. The van der Waals surface area contributed by atoms with Crippen molar-refractivity contribution in [1.29, 1.82) is 0 Å². The number of esters is 1.